The molecule has 0 aliphatic carbocycles. The summed E-state index contributed by atoms with van der Waals surface area (Å²) in [4.78, 5) is 10.6. The van der Waals surface area contributed by atoms with Crippen LogP contribution in [0.15, 0.2) is 16.6 Å². The van der Waals surface area contributed by atoms with Crippen molar-refractivity contribution in [1.29, 1.82) is 0 Å². The van der Waals surface area contributed by atoms with Crippen molar-refractivity contribution in [3.63, 3.8) is 0 Å². The summed E-state index contributed by atoms with van der Waals surface area (Å²) >= 11 is 3.15. The molecule has 16 heavy (non-hydrogen) atoms. The molecule has 1 atom stereocenters. The van der Waals surface area contributed by atoms with E-state index in [1.807, 2.05) is 0 Å². The van der Waals surface area contributed by atoms with Gasteiger partial charge in [-0.15, -0.1) is 0 Å². The van der Waals surface area contributed by atoms with Gasteiger partial charge in [-0.3, -0.25) is 4.79 Å². The molecule has 0 amide bonds. The van der Waals surface area contributed by atoms with Crippen LogP contribution < -0.4 is 5.73 Å². The van der Waals surface area contributed by atoms with Crippen LogP contribution in [0.1, 0.15) is 17.2 Å². The lowest BCUT2D eigenvalue weighted by atomic mass is 10.1. The number of nitrogens with two attached hydrogens (primary N) is 1. The Hall–Kier alpha value is -0.980. The smallest absolute Gasteiger partial charge is 0.325 e. The van der Waals surface area contributed by atoms with Crippen LogP contribution in [0.25, 0.3) is 0 Å². The lowest BCUT2D eigenvalue weighted by Crippen LogP contribution is -2.21. The first kappa shape index (κ1) is 13.1. The van der Waals surface area contributed by atoms with E-state index in [1.165, 1.54) is 13.2 Å². The molecule has 0 bridgehead atoms. The Morgan fingerprint density at radius 1 is 1.69 bits per heavy atom. The fourth-order valence-electron chi connectivity index (χ4n) is 1.23. The summed E-state index contributed by atoms with van der Waals surface area (Å²) < 4.78 is 18.8. The second-order valence-electron chi connectivity index (χ2n) is 3.21. The summed E-state index contributed by atoms with van der Waals surface area (Å²) in [5.41, 5.74) is 5.92. The predicted molar refractivity (Wildman–Crippen MR) is 59.4 cm³/mol. The Morgan fingerprint density at radius 2 is 2.31 bits per heavy atom. The Kier molecular flexibility index (Phi) is 4.40. The average molecular weight is 292 g/mol. The first-order chi connectivity index (χ1) is 7.47. The van der Waals surface area contributed by atoms with E-state index in [0.29, 0.717) is 10.0 Å². The number of carboxylic acid groups (broad SMARTS) is 1. The lowest BCUT2D eigenvalue weighted by Gasteiger charge is -2.11. The van der Waals surface area contributed by atoms with Crippen molar-refractivity contribution in [3.05, 3.63) is 33.5 Å². The van der Waals surface area contributed by atoms with Gasteiger partial charge in [0.05, 0.1) is 6.61 Å². The highest BCUT2D eigenvalue weighted by atomic mass is 79.9. The van der Waals surface area contributed by atoms with Gasteiger partial charge in [-0.25, -0.2) is 4.39 Å². The molecule has 1 aromatic rings. The number of ether oxygens (including phenoxy) is 1. The van der Waals surface area contributed by atoms with Crippen molar-refractivity contribution >= 4 is 21.9 Å². The molecule has 6 heteroatoms. The number of hydrogen-bond acceptors (Lipinski definition) is 3. The van der Waals surface area contributed by atoms with E-state index >= 15 is 0 Å². The molecule has 0 spiro atoms. The fraction of sp³-hybridized carbons (Fsp3) is 0.300. The predicted octanol–water partition coefficient (Wildman–Crippen LogP) is 1.82. The molecule has 1 unspecified atom stereocenters. The molecule has 0 saturated heterocycles. The second kappa shape index (κ2) is 5.38. The van der Waals surface area contributed by atoms with Gasteiger partial charge < -0.3 is 15.6 Å². The van der Waals surface area contributed by atoms with Crippen LogP contribution in [-0.4, -0.2) is 18.2 Å². The van der Waals surface area contributed by atoms with Gasteiger partial charge in [-0.2, -0.15) is 0 Å². The Labute approximate surface area is 100 Å². The van der Waals surface area contributed by atoms with Crippen LogP contribution in [0.5, 0.6) is 0 Å². The Morgan fingerprint density at radius 3 is 2.75 bits per heavy atom. The van der Waals surface area contributed by atoms with Gasteiger partial charge in [0.2, 0.25) is 0 Å². The monoisotopic (exact) mass is 291 g/mol. The third-order valence-electron chi connectivity index (χ3n) is 2.08. The van der Waals surface area contributed by atoms with E-state index in [-0.39, 0.29) is 12.2 Å². The Balaban J connectivity index is 3.14. The van der Waals surface area contributed by atoms with Crippen molar-refractivity contribution in [1.82, 2.24) is 0 Å². The molecule has 0 fully saturated rings. The molecule has 0 aromatic heterocycles. The molecule has 0 saturated carbocycles. The van der Waals surface area contributed by atoms with Gasteiger partial charge in [-0.05, 0) is 17.7 Å². The summed E-state index contributed by atoms with van der Waals surface area (Å²) in [5, 5.41) is 8.70. The molecule has 88 valence electrons. The molecule has 4 nitrogen and oxygen atoms in total. The van der Waals surface area contributed by atoms with Crippen LogP contribution in [-0.2, 0) is 16.1 Å². The number of rotatable bonds is 4. The third-order valence-corrected chi connectivity index (χ3v) is 2.78. The number of methoxy groups -OCH3 is 1. The number of carboxylic acids is 1. The number of halogens is 2. The number of hydrogen-bond donors (Lipinski definition) is 2. The molecule has 3 N–H and O–H groups in total. The molecular formula is C10H11BrFNO3. The van der Waals surface area contributed by atoms with Crippen molar-refractivity contribution in [2.24, 2.45) is 5.73 Å². The standard InChI is InChI=1S/C10H11BrFNO3/c1-16-4-6-7(11)2-5(3-8(6)12)9(13)10(14)15/h2-3,9H,4,13H2,1H3,(H,14,15). The highest BCUT2D eigenvalue weighted by Gasteiger charge is 2.18. The van der Waals surface area contributed by atoms with Gasteiger partial charge >= 0.3 is 5.97 Å². The van der Waals surface area contributed by atoms with Crippen molar-refractivity contribution in [2.75, 3.05) is 7.11 Å². The number of carbonyl (C=O) groups is 1. The minimum atomic E-state index is -1.23. The van der Waals surface area contributed by atoms with Crippen LogP contribution in [0, 0.1) is 5.82 Å². The van der Waals surface area contributed by atoms with E-state index in [2.05, 4.69) is 15.9 Å². The van der Waals surface area contributed by atoms with Crippen LogP contribution in [0.3, 0.4) is 0 Å². The zero-order valence-corrected chi connectivity index (χ0v) is 10.1. The van der Waals surface area contributed by atoms with Gasteiger partial charge in [0, 0.05) is 17.1 Å². The number of benzene rings is 1. The maximum absolute atomic E-state index is 13.6. The summed E-state index contributed by atoms with van der Waals surface area (Å²) in [7, 11) is 1.45. The molecule has 1 rings (SSSR count). The molecule has 0 heterocycles. The van der Waals surface area contributed by atoms with Crippen molar-refractivity contribution < 1.29 is 19.0 Å². The Bertz CT molecular complexity index is 388. The topological polar surface area (TPSA) is 72.5 Å². The van der Waals surface area contributed by atoms with E-state index in [9.17, 15) is 9.18 Å². The minimum absolute atomic E-state index is 0.106. The highest BCUT2D eigenvalue weighted by molar-refractivity contribution is 9.10. The SMILES string of the molecule is COCc1c(F)cc(C(N)C(=O)O)cc1Br. The first-order valence-electron chi connectivity index (χ1n) is 4.42. The highest BCUT2D eigenvalue weighted by Crippen LogP contribution is 2.25. The quantitative estimate of drug-likeness (QED) is 0.888. The van der Waals surface area contributed by atoms with Crippen molar-refractivity contribution in [2.45, 2.75) is 12.6 Å². The summed E-state index contributed by atoms with van der Waals surface area (Å²) in [6.07, 6.45) is 0. The maximum Gasteiger partial charge on any atom is 0.325 e. The second-order valence-corrected chi connectivity index (χ2v) is 4.07. The number of aliphatic carboxylic acids is 1. The van der Waals surface area contributed by atoms with E-state index in [0.717, 1.165) is 6.07 Å². The third kappa shape index (κ3) is 2.78. The summed E-state index contributed by atoms with van der Waals surface area (Å²) in [5.74, 6) is -1.74. The molecule has 1 aromatic carbocycles. The summed E-state index contributed by atoms with van der Waals surface area (Å²) in [6.45, 7) is 0.106. The molecular weight excluding hydrogens is 281 g/mol. The average Bonchev–Trinajstić information content (AvgIpc) is 2.21. The van der Waals surface area contributed by atoms with Crippen LogP contribution >= 0.6 is 15.9 Å². The van der Waals surface area contributed by atoms with E-state index in [4.69, 9.17) is 15.6 Å². The molecule has 0 radical (unpaired) electrons. The zero-order chi connectivity index (χ0) is 12.3. The normalized spacial score (nSPS) is 12.5. The largest absolute Gasteiger partial charge is 0.480 e. The lowest BCUT2D eigenvalue weighted by molar-refractivity contribution is -0.138. The maximum atomic E-state index is 13.6. The summed E-state index contributed by atoms with van der Waals surface area (Å²) in [6, 6.07) is 1.36. The van der Waals surface area contributed by atoms with Gasteiger partial charge in [0.15, 0.2) is 0 Å². The van der Waals surface area contributed by atoms with E-state index in [1.54, 1.807) is 0 Å². The minimum Gasteiger partial charge on any atom is -0.480 e. The fourth-order valence-corrected chi connectivity index (χ4v) is 1.80. The van der Waals surface area contributed by atoms with Gasteiger partial charge in [-0.1, -0.05) is 15.9 Å². The van der Waals surface area contributed by atoms with Gasteiger partial charge in [0.1, 0.15) is 11.9 Å². The van der Waals surface area contributed by atoms with Crippen LogP contribution in [0.2, 0.25) is 0 Å². The van der Waals surface area contributed by atoms with Crippen molar-refractivity contribution in [3.8, 4) is 0 Å². The van der Waals surface area contributed by atoms with E-state index < -0.39 is 17.8 Å². The molecule has 0 aliphatic heterocycles. The molecule has 0 aliphatic rings. The van der Waals surface area contributed by atoms with Gasteiger partial charge in [0.25, 0.3) is 0 Å². The first-order valence-corrected chi connectivity index (χ1v) is 5.21. The zero-order valence-electron chi connectivity index (χ0n) is 8.54. The van der Waals surface area contributed by atoms with Crippen LogP contribution in [0.4, 0.5) is 4.39 Å².